The molecule has 2 aromatic carbocycles. The Morgan fingerprint density at radius 3 is 2.88 bits per heavy atom. The number of carbonyl (C=O) groups excluding carboxylic acids is 1. The standard InChI is InChI=1S/C18H17FN2O3/c1-12(22)10-21-18(23)13-3-2-4-17(8-13)24-11-14-5-6-16(19)7-15(14)9-20/h2-8,12,22H,10-11H2,1H3,(H,21,23). The number of nitriles is 1. The number of benzene rings is 2. The molecular formula is C18H17FN2O3. The van der Waals surface area contributed by atoms with Crippen molar-refractivity contribution in [1.82, 2.24) is 5.32 Å². The summed E-state index contributed by atoms with van der Waals surface area (Å²) in [5.41, 5.74) is 1.16. The van der Waals surface area contributed by atoms with E-state index in [-0.39, 0.29) is 24.6 Å². The van der Waals surface area contributed by atoms with E-state index < -0.39 is 11.9 Å². The number of rotatable bonds is 6. The van der Waals surface area contributed by atoms with E-state index in [1.54, 1.807) is 31.2 Å². The second-order valence-corrected chi connectivity index (χ2v) is 5.29. The van der Waals surface area contributed by atoms with Gasteiger partial charge in [-0.2, -0.15) is 5.26 Å². The van der Waals surface area contributed by atoms with E-state index >= 15 is 0 Å². The fraction of sp³-hybridized carbons (Fsp3) is 0.222. The van der Waals surface area contributed by atoms with Gasteiger partial charge in [-0.25, -0.2) is 4.39 Å². The molecule has 0 aliphatic carbocycles. The summed E-state index contributed by atoms with van der Waals surface area (Å²) in [6, 6.07) is 12.4. The number of aliphatic hydroxyl groups is 1. The summed E-state index contributed by atoms with van der Waals surface area (Å²) >= 11 is 0. The maximum absolute atomic E-state index is 13.1. The van der Waals surface area contributed by atoms with Gasteiger partial charge in [-0.05, 0) is 37.3 Å². The molecule has 0 heterocycles. The Bertz CT molecular complexity index is 769. The second-order valence-electron chi connectivity index (χ2n) is 5.29. The van der Waals surface area contributed by atoms with Crippen molar-refractivity contribution < 1.29 is 19.0 Å². The zero-order valence-electron chi connectivity index (χ0n) is 13.1. The van der Waals surface area contributed by atoms with Gasteiger partial charge in [-0.1, -0.05) is 12.1 Å². The molecule has 0 aliphatic rings. The number of ether oxygens (including phenoxy) is 1. The molecule has 1 atom stereocenters. The van der Waals surface area contributed by atoms with Crippen molar-refractivity contribution in [3.8, 4) is 11.8 Å². The molecule has 0 saturated heterocycles. The maximum Gasteiger partial charge on any atom is 0.251 e. The molecule has 5 nitrogen and oxygen atoms in total. The average molecular weight is 328 g/mol. The zero-order valence-corrected chi connectivity index (χ0v) is 13.1. The third-order valence-electron chi connectivity index (χ3n) is 3.24. The quantitative estimate of drug-likeness (QED) is 0.853. The topological polar surface area (TPSA) is 82.3 Å². The van der Waals surface area contributed by atoms with Crippen molar-refractivity contribution in [2.24, 2.45) is 0 Å². The predicted molar refractivity (Wildman–Crippen MR) is 85.9 cm³/mol. The molecule has 6 heteroatoms. The average Bonchev–Trinajstić information content (AvgIpc) is 2.58. The van der Waals surface area contributed by atoms with Crippen LogP contribution in [0.25, 0.3) is 0 Å². The molecule has 0 saturated carbocycles. The van der Waals surface area contributed by atoms with Crippen LogP contribution in [0.2, 0.25) is 0 Å². The molecule has 0 aliphatic heterocycles. The van der Waals surface area contributed by atoms with Crippen LogP contribution >= 0.6 is 0 Å². The van der Waals surface area contributed by atoms with Gasteiger partial charge in [-0.3, -0.25) is 4.79 Å². The Labute approximate surface area is 139 Å². The summed E-state index contributed by atoms with van der Waals surface area (Å²) in [6.07, 6.45) is -0.628. The van der Waals surface area contributed by atoms with Crippen molar-refractivity contribution in [3.63, 3.8) is 0 Å². The molecule has 2 aromatic rings. The maximum atomic E-state index is 13.1. The monoisotopic (exact) mass is 328 g/mol. The van der Waals surface area contributed by atoms with Crippen LogP contribution in [0.1, 0.15) is 28.4 Å². The summed E-state index contributed by atoms with van der Waals surface area (Å²) < 4.78 is 18.7. The lowest BCUT2D eigenvalue weighted by Crippen LogP contribution is -2.30. The number of carbonyl (C=O) groups is 1. The molecule has 0 spiro atoms. The predicted octanol–water partition coefficient (Wildman–Crippen LogP) is 2.39. The van der Waals surface area contributed by atoms with Crippen LogP contribution in [0.4, 0.5) is 4.39 Å². The van der Waals surface area contributed by atoms with E-state index in [2.05, 4.69) is 5.32 Å². The minimum atomic E-state index is -0.628. The SMILES string of the molecule is CC(O)CNC(=O)c1cccc(OCc2ccc(F)cc2C#N)c1. The minimum Gasteiger partial charge on any atom is -0.489 e. The van der Waals surface area contributed by atoms with E-state index in [0.29, 0.717) is 16.9 Å². The van der Waals surface area contributed by atoms with Gasteiger partial charge in [0.2, 0.25) is 0 Å². The molecular weight excluding hydrogens is 311 g/mol. The molecule has 2 N–H and O–H groups in total. The highest BCUT2D eigenvalue weighted by Gasteiger charge is 2.09. The van der Waals surface area contributed by atoms with Crippen LogP contribution in [0, 0.1) is 17.1 Å². The second kappa shape index (κ2) is 8.09. The number of hydrogen-bond donors (Lipinski definition) is 2. The van der Waals surface area contributed by atoms with Gasteiger partial charge >= 0.3 is 0 Å². The fourth-order valence-electron chi connectivity index (χ4n) is 2.01. The van der Waals surface area contributed by atoms with Gasteiger partial charge in [0.15, 0.2) is 0 Å². The Balaban J connectivity index is 2.05. The lowest BCUT2D eigenvalue weighted by atomic mass is 10.1. The van der Waals surface area contributed by atoms with E-state index in [0.717, 1.165) is 6.07 Å². The fourth-order valence-corrected chi connectivity index (χ4v) is 2.01. The first kappa shape index (κ1) is 17.4. The highest BCUT2D eigenvalue weighted by Crippen LogP contribution is 2.17. The van der Waals surface area contributed by atoms with Crippen molar-refractivity contribution >= 4 is 5.91 Å². The Hall–Kier alpha value is -2.91. The van der Waals surface area contributed by atoms with Crippen LogP contribution in [0.3, 0.4) is 0 Å². The first-order chi connectivity index (χ1) is 11.5. The molecule has 1 amide bonds. The number of nitrogens with zero attached hydrogens (tertiary/aromatic N) is 1. The normalized spacial score (nSPS) is 11.4. The number of nitrogens with one attached hydrogen (secondary N) is 1. The zero-order chi connectivity index (χ0) is 17.5. The van der Waals surface area contributed by atoms with Gasteiger partial charge < -0.3 is 15.2 Å². The van der Waals surface area contributed by atoms with Gasteiger partial charge in [0, 0.05) is 17.7 Å². The van der Waals surface area contributed by atoms with Crippen LogP contribution in [0.5, 0.6) is 5.75 Å². The summed E-state index contributed by atoms with van der Waals surface area (Å²) in [4.78, 5) is 12.0. The molecule has 0 fully saturated rings. The Morgan fingerprint density at radius 1 is 1.38 bits per heavy atom. The molecule has 2 rings (SSSR count). The molecule has 0 radical (unpaired) electrons. The molecule has 0 aromatic heterocycles. The van der Waals surface area contributed by atoms with Crippen molar-refractivity contribution in [3.05, 3.63) is 65.0 Å². The van der Waals surface area contributed by atoms with Crippen LogP contribution in [0.15, 0.2) is 42.5 Å². The van der Waals surface area contributed by atoms with Crippen LogP contribution in [-0.4, -0.2) is 23.7 Å². The Kier molecular flexibility index (Phi) is 5.88. The number of aliphatic hydroxyl groups excluding tert-OH is 1. The first-order valence-corrected chi connectivity index (χ1v) is 7.37. The van der Waals surface area contributed by atoms with E-state index in [1.807, 2.05) is 6.07 Å². The van der Waals surface area contributed by atoms with Crippen molar-refractivity contribution in [1.29, 1.82) is 5.26 Å². The van der Waals surface area contributed by atoms with Gasteiger partial charge in [-0.15, -0.1) is 0 Å². The third kappa shape index (κ3) is 4.80. The van der Waals surface area contributed by atoms with Crippen LogP contribution < -0.4 is 10.1 Å². The van der Waals surface area contributed by atoms with Gasteiger partial charge in [0.1, 0.15) is 18.2 Å². The summed E-state index contributed by atoms with van der Waals surface area (Å²) in [5, 5.41) is 20.8. The van der Waals surface area contributed by atoms with E-state index in [9.17, 15) is 14.3 Å². The number of hydrogen-bond acceptors (Lipinski definition) is 4. The number of halogens is 1. The molecule has 24 heavy (non-hydrogen) atoms. The van der Waals surface area contributed by atoms with Gasteiger partial charge in [0.25, 0.3) is 5.91 Å². The lowest BCUT2D eigenvalue weighted by Gasteiger charge is -2.10. The Morgan fingerprint density at radius 2 is 2.17 bits per heavy atom. The van der Waals surface area contributed by atoms with E-state index in [1.165, 1.54) is 12.1 Å². The van der Waals surface area contributed by atoms with E-state index in [4.69, 9.17) is 10.00 Å². The first-order valence-electron chi connectivity index (χ1n) is 7.37. The highest BCUT2D eigenvalue weighted by atomic mass is 19.1. The minimum absolute atomic E-state index is 0.0852. The smallest absolute Gasteiger partial charge is 0.251 e. The molecule has 1 unspecified atom stereocenters. The third-order valence-corrected chi connectivity index (χ3v) is 3.24. The lowest BCUT2D eigenvalue weighted by molar-refractivity contribution is 0.0923. The summed E-state index contributed by atoms with van der Waals surface area (Å²) in [7, 11) is 0. The largest absolute Gasteiger partial charge is 0.489 e. The summed E-state index contributed by atoms with van der Waals surface area (Å²) in [5.74, 6) is -0.346. The summed E-state index contributed by atoms with van der Waals surface area (Å²) in [6.45, 7) is 1.82. The highest BCUT2D eigenvalue weighted by molar-refractivity contribution is 5.94. The van der Waals surface area contributed by atoms with Crippen LogP contribution in [-0.2, 0) is 6.61 Å². The van der Waals surface area contributed by atoms with Crippen molar-refractivity contribution in [2.75, 3.05) is 6.54 Å². The molecule has 0 bridgehead atoms. The van der Waals surface area contributed by atoms with Gasteiger partial charge in [0.05, 0.1) is 17.7 Å². The van der Waals surface area contributed by atoms with Crippen molar-refractivity contribution in [2.45, 2.75) is 19.6 Å². The number of amides is 1. The molecule has 124 valence electrons.